The summed E-state index contributed by atoms with van der Waals surface area (Å²) in [6.45, 7) is 3.92. The summed E-state index contributed by atoms with van der Waals surface area (Å²) in [7, 11) is 0. The molecule has 2 aromatic rings. The smallest absolute Gasteiger partial charge is 0.165 e. The number of benzene rings is 1. The highest BCUT2D eigenvalue weighted by Gasteiger charge is 2.17. The van der Waals surface area contributed by atoms with Crippen LogP contribution in [0, 0.1) is 12.7 Å². The number of aryl methyl sites for hydroxylation is 1. The van der Waals surface area contributed by atoms with Crippen molar-refractivity contribution in [1.82, 2.24) is 4.98 Å². The number of phenols is 1. The molecule has 2 heterocycles. The van der Waals surface area contributed by atoms with E-state index >= 15 is 0 Å². The lowest BCUT2D eigenvalue weighted by atomic mass is 10.1. The minimum atomic E-state index is -0.589. The van der Waals surface area contributed by atoms with E-state index in [1.165, 1.54) is 25.0 Å². The largest absolute Gasteiger partial charge is 0.505 e. The summed E-state index contributed by atoms with van der Waals surface area (Å²) < 4.78 is 13.5. The van der Waals surface area contributed by atoms with Gasteiger partial charge < -0.3 is 10.0 Å². The van der Waals surface area contributed by atoms with Crippen molar-refractivity contribution < 1.29 is 9.50 Å². The van der Waals surface area contributed by atoms with Gasteiger partial charge in [-0.05, 0) is 31.9 Å². The van der Waals surface area contributed by atoms with Crippen molar-refractivity contribution in [3.63, 3.8) is 0 Å². The molecule has 1 fully saturated rings. The second kappa shape index (κ2) is 4.12. The molecule has 4 heteroatoms. The molecule has 1 aromatic carbocycles. The van der Waals surface area contributed by atoms with E-state index in [-0.39, 0.29) is 5.75 Å². The molecular formula is C14H15FN2O. The first-order chi connectivity index (χ1) is 8.65. The van der Waals surface area contributed by atoms with Crippen LogP contribution in [0.5, 0.6) is 5.75 Å². The molecule has 0 bridgehead atoms. The number of anilines is 1. The minimum absolute atomic E-state index is 0.340. The Hall–Kier alpha value is -1.84. The third-order valence-electron chi connectivity index (χ3n) is 3.43. The maximum atomic E-state index is 13.5. The number of hydrogen-bond acceptors (Lipinski definition) is 3. The second-order valence-electron chi connectivity index (χ2n) is 4.80. The molecule has 1 aliphatic heterocycles. The molecule has 3 nitrogen and oxygen atoms in total. The van der Waals surface area contributed by atoms with Crippen molar-refractivity contribution in [2.45, 2.75) is 19.8 Å². The number of rotatable bonds is 1. The van der Waals surface area contributed by atoms with Crippen molar-refractivity contribution in [2.24, 2.45) is 0 Å². The molecule has 0 radical (unpaired) electrons. The summed E-state index contributed by atoms with van der Waals surface area (Å²) in [4.78, 5) is 6.61. The fourth-order valence-corrected chi connectivity index (χ4v) is 2.57. The Morgan fingerprint density at radius 3 is 2.67 bits per heavy atom. The van der Waals surface area contributed by atoms with E-state index in [4.69, 9.17) is 0 Å². The highest BCUT2D eigenvalue weighted by atomic mass is 19.1. The molecule has 0 amide bonds. The normalized spacial score (nSPS) is 15.6. The molecule has 0 spiro atoms. The lowest BCUT2D eigenvalue weighted by Crippen LogP contribution is -2.18. The van der Waals surface area contributed by atoms with E-state index < -0.39 is 5.82 Å². The number of phenolic OH excluding ortho intramolecular Hbond substituents is 1. The summed E-state index contributed by atoms with van der Waals surface area (Å²) >= 11 is 0. The summed E-state index contributed by atoms with van der Waals surface area (Å²) in [6, 6.07) is 4.77. The maximum Gasteiger partial charge on any atom is 0.165 e. The summed E-state index contributed by atoms with van der Waals surface area (Å²) in [5.74, 6) is -0.929. The van der Waals surface area contributed by atoms with Gasteiger partial charge in [0.05, 0.1) is 5.52 Å². The van der Waals surface area contributed by atoms with Gasteiger partial charge in [0.15, 0.2) is 11.6 Å². The van der Waals surface area contributed by atoms with Crippen molar-refractivity contribution in [1.29, 1.82) is 0 Å². The Labute approximate surface area is 105 Å². The molecule has 0 saturated carbocycles. The Balaban J connectivity index is 2.25. The number of halogens is 1. The molecule has 1 aliphatic rings. The first kappa shape index (κ1) is 11.3. The number of aromatic hydroxyl groups is 1. The highest BCUT2D eigenvalue weighted by molar-refractivity contribution is 5.93. The van der Waals surface area contributed by atoms with Crippen LogP contribution in [0.15, 0.2) is 18.2 Å². The first-order valence-electron chi connectivity index (χ1n) is 6.20. The van der Waals surface area contributed by atoms with Crippen molar-refractivity contribution in [2.75, 3.05) is 18.0 Å². The maximum absolute atomic E-state index is 13.5. The second-order valence-corrected chi connectivity index (χ2v) is 4.80. The topological polar surface area (TPSA) is 36.4 Å². The SMILES string of the molecule is Cc1cc(N2CCCC2)c2cc(F)c(O)cc2n1. The predicted molar refractivity (Wildman–Crippen MR) is 69.5 cm³/mol. The first-order valence-corrected chi connectivity index (χ1v) is 6.20. The van der Waals surface area contributed by atoms with Gasteiger partial charge in [0.25, 0.3) is 0 Å². The molecule has 94 valence electrons. The Bertz CT molecular complexity index is 606. The van der Waals surface area contributed by atoms with Crippen LogP contribution >= 0.6 is 0 Å². The number of aromatic nitrogens is 1. The van der Waals surface area contributed by atoms with Crippen LogP contribution in [0.25, 0.3) is 10.9 Å². The summed E-state index contributed by atoms with van der Waals surface area (Å²) in [5.41, 5.74) is 2.56. The molecule has 1 aromatic heterocycles. The van der Waals surface area contributed by atoms with Gasteiger partial charge in [0.2, 0.25) is 0 Å². The number of pyridine rings is 1. The van der Waals surface area contributed by atoms with Crippen LogP contribution in [0.1, 0.15) is 18.5 Å². The minimum Gasteiger partial charge on any atom is -0.505 e. The Morgan fingerprint density at radius 1 is 1.22 bits per heavy atom. The van der Waals surface area contributed by atoms with E-state index in [2.05, 4.69) is 9.88 Å². The lowest BCUT2D eigenvalue weighted by molar-refractivity contribution is 0.433. The molecule has 0 unspecified atom stereocenters. The summed E-state index contributed by atoms with van der Waals surface area (Å²) in [6.07, 6.45) is 2.34. The van der Waals surface area contributed by atoms with E-state index in [0.717, 1.165) is 29.9 Å². The van der Waals surface area contributed by atoms with Crippen LogP contribution in [0.4, 0.5) is 10.1 Å². The van der Waals surface area contributed by atoms with Gasteiger partial charge in [-0.2, -0.15) is 0 Å². The molecule has 1 saturated heterocycles. The van der Waals surface area contributed by atoms with Crippen LogP contribution in [-0.2, 0) is 0 Å². The van der Waals surface area contributed by atoms with Gasteiger partial charge in [-0.1, -0.05) is 0 Å². The zero-order chi connectivity index (χ0) is 12.7. The van der Waals surface area contributed by atoms with Gasteiger partial charge in [-0.15, -0.1) is 0 Å². The third-order valence-corrected chi connectivity index (χ3v) is 3.43. The Morgan fingerprint density at radius 2 is 1.94 bits per heavy atom. The number of nitrogens with zero attached hydrogens (tertiary/aromatic N) is 2. The van der Waals surface area contributed by atoms with E-state index in [1.807, 2.05) is 13.0 Å². The van der Waals surface area contributed by atoms with Crippen molar-refractivity contribution >= 4 is 16.6 Å². The van der Waals surface area contributed by atoms with Gasteiger partial charge in [-0.25, -0.2) is 4.39 Å². The van der Waals surface area contributed by atoms with Crippen molar-refractivity contribution in [3.8, 4) is 5.75 Å². The van der Waals surface area contributed by atoms with Crippen LogP contribution in [0.3, 0.4) is 0 Å². The van der Waals surface area contributed by atoms with E-state index in [9.17, 15) is 9.50 Å². The molecule has 1 N–H and O–H groups in total. The molecule has 18 heavy (non-hydrogen) atoms. The molecular weight excluding hydrogens is 231 g/mol. The standard InChI is InChI=1S/C14H15FN2O/c1-9-6-13(17-4-2-3-5-17)10-7-11(15)14(18)8-12(10)16-9/h6-8,18H,2-5H2,1H3. The number of fused-ring (bicyclic) bond motifs is 1. The zero-order valence-corrected chi connectivity index (χ0v) is 10.3. The molecule has 0 aliphatic carbocycles. The third kappa shape index (κ3) is 1.78. The van der Waals surface area contributed by atoms with Gasteiger partial charge in [0.1, 0.15) is 0 Å². The van der Waals surface area contributed by atoms with E-state index in [1.54, 1.807) is 0 Å². The Kier molecular flexibility index (Phi) is 2.58. The fourth-order valence-electron chi connectivity index (χ4n) is 2.57. The average Bonchev–Trinajstić information content (AvgIpc) is 2.84. The quantitative estimate of drug-likeness (QED) is 0.840. The van der Waals surface area contributed by atoms with Crippen LogP contribution < -0.4 is 4.90 Å². The van der Waals surface area contributed by atoms with Gasteiger partial charge in [-0.3, -0.25) is 4.98 Å². The molecule has 0 atom stereocenters. The number of hydrogen-bond donors (Lipinski definition) is 1. The van der Waals surface area contributed by atoms with Gasteiger partial charge >= 0.3 is 0 Å². The van der Waals surface area contributed by atoms with Gasteiger partial charge in [0, 0.05) is 35.9 Å². The molecule has 3 rings (SSSR count). The summed E-state index contributed by atoms with van der Waals surface area (Å²) in [5, 5.41) is 10.2. The monoisotopic (exact) mass is 246 g/mol. The highest BCUT2D eigenvalue weighted by Crippen LogP contribution is 2.32. The van der Waals surface area contributed by atoms with Crippen molar-refractivity contribution in [3.05, 3.63) is 29.7 Å². The van der Waals surface area contributed by atoms with Crippen LogP contribution in [0.2, 0.25) is 0 Å². The average molecular weight is 246 g/mol. The predicted octanol–water partition coefficient (Wildman–Crippen LogP) is 2.99. The van der Waals surface area contributed by atoms with E-state index in [0.29, 0.717) is 5.52 Å². The zero-order valence-electron chi connectivity index (χ0n) is 10.3. The fraction of sp³-hybridized carbons (Fsp3) is 0.357. The van der Waals surface area contributed by atoms with Crippen LogP contribution in [-0.4, -0.2) is 23.2 Å². The lowest BCUT2D eigenvalue weighted by Gasteiger charge is -2.20.